The lowest BCUT2D eigenvalue weighted by Gasteiger charge is -2.51. The Hall–Kier alpha value is -6.94. The summed E-state index contributed by atoms with van der Waals surface area (Å²) in [6, 6.07) is 70.2. The van der Waals surface area contributed by atoms with Gasteiger partial charge in [0.15, 0.2) is 0 Å². The van der Waals surface area contributed by atoms with Gasteiger partial charge < -0.3 is 9.80 Å². The number of aryl methyl sites for hydroxylation is 1. The van der Waals surface area contributed by atoms with Crippen LogP contribution in [-0.2, 0) is 16.2 Å². The Kier molecular flexibility index (Phi) is 10.0. The summed E-state index contributed by atoms with van der Waals surface area (Å²) in [5, 5.41) is 0. The second-order valence-corrected chi connectivity index (χ2v) is 24.8. The van der Waals surface area contributed by atoms with E-state index in [1.54, 1.807) is 0 Å². The monoisotopic (exact) mass is 946 g/mol. The predicted molar refractivity (Wildman–Crippen MR) is 313 cm³/mol. The summed E-state index contributed by atoms with van der Waals surface area (Å²) >= 11 is 1.99. The number of nitrogens with zero attached hydrogens (tertiary/aromatic N) is 2. The fourth-order valence-electron chi connectivity index (χ4n) is 12.4. The first kappa shape index (κ1) is 45.0. The van der Waals surface area contributed by atoms with Crippen molar-refractivity contribution in [3.63, 3.8) is 0 Å². The fraction of sp³-hybridized carbons (Fsp3) is 0.194. The molecule has 0 atom stereocenters. The number of rotatable bonds is 4. The van der Waals surface area contributed by atoms with Crippen molar-refractivity contribution in [2.75, 3.05) is 9.80 Å². The van der Waals surface area contributed by atoms with Gasteiger partial charge in [0.2, 0.25) is 6.71 Å². The zero-order valence-corrected chi connectivity index (χ0v) is 44.1. The number of fused-ring (bicyclic) bond motifs is 10. The molecule has 72 heavy (non-hydrogen) atoms. The maximum absolute atomic E-state index is 2.72. The topological polar surface area (TPSA) is 6.48 Å². The summed E-state index contributed by atoms with van der Waals surface area (Å²) in [6.45, 7) is 23.5. The predicted octanol–water partition coefficient (Wildman–Crippen LogP) is 14.3. The highest BCUT2D eigenvalue weighted by molar-refractivity contribution is 8.00. The molecule has 13 rings (SSSR count). The van der Waals surface area contributed by atoms with Gasteiger partial charge in [-0.2, -0.15) is 0 Å². The van der Waals surface area contributed by atoms with Crippen LogP contribution in [0.4, 0.5) is 34.1 Å². The van der Waals surface area contributed by atoms with Gasteiger partial charge in [-0.1, -0.05) is 231 Å². The van der Waals surface area contributed by atoms with Gasteiger partial charge in [0.25, 0.3) is 6.71 Å². The van der Waals surface area contributed by atoms with Crippen LogP contribution in [0.15, 0.2) is 192 Å². The molecule has 2 nitrogen and oxygen atoms in total. The third-order valence-electron chi connectivity index (χ3n) is 16.1. The molecule has 4 heterocycles. The van der Waals surface area contributed by atoms with Crippen LogP contribution in [-0.4, -0.2) is 13.4 Å². The summed E-state index contributed by atoms with van der Waals surface area (Å²) in [6.07, 6.45) is 0. The highest BCUT2D eigenvalue weighted by atomic mass is 32.2. The van der Waals surface area contributed by atoms with E-state index in [-0.39, 0.29) is 29.7 Å². The quantitative estimate of drug-likeness (QED) is 0.162. The smallest absolute Gasteiger partial charge is 0.252 e. The number of para-hydroxylation sites is 1. The average molecular weight is 947 g/mol. The van der Waals surface area contributed by atoms with E-state index in [2.05, 4.69) is 261 Å². The minimum absolute atomic E-state index is 0.000575. The third kappa shape index (κ3) is 6.72. The summed E-state index contributed by atoms with van der Waals surface area (Å²) < 4.78 is 0. The van der Waals surface area contributed by atoms with E-state index in [1.807, 2.05) is 11.8 Å². The number of hydrogen-bond acceptors (Lipinski definition) is 3. The first-order valence-electron chi connectivity index (χ1n) is 25.9. The Morgan fingerprint density at radius 2 is 0.819 bits per heavy atom. The van der Waals surface area contributed by atoms with Crippen LogP contribution in [0.1, 0.15) is 84.6 Å². The van der Waals surface area contributed by atoms with Gasteiger partial charge in [-0.25, -0.2) is 0 Å². The lowest BCUT2D eigenvalue weighted by atomic mass is 9.29. The molecule has 9 aromatic rings. The van der Waals surface area contributed by atoms with Crippen molar-refractivity contribution >= 4 is 92.1 Å². The largest absolute Gasteiger partial charge is 0.312 e. The summed E-state index contributed by atoms with van der Waals surface area (Å²) in [5.74, 6) is 0. The molecule has 350 valence electrons. The molecule has 9 aromatic carbocycles. The van der Waals surface area contributed by atoms with Crippen molar-refractivity contribution in [1.82, 2.24) is 0 Å². The normalized spacial score (nSPS) is 14.1. The molecule has 0 N–H and O–H groups in total. The van der Waals surface area contributed by atoms with Gasteiger partial charge in [0.05, 0.1) is 5.69 Å². The molecular weight excluding hydrogens is 886 g/mol. The Morgan fingerprint density at radius 1 is 0.375 bits per heavy atom. The second-order valence-electron chi connectivity index (χ2n) is 23.7. The zero-order valence-electron chi connectivity index (χ0n) is 43.3. The molecule has 0 spiro atoms. The summed E-state index contributed by atoms with van der Waals surface area (Å²) in [7, 11) is 0. The SMILES string of the molecule is Cc1ccccc1N1c2ccc(C(C)(C)C)cc2B2c3cc(C(C)(C)C)ccc3N3c4ccc(C(C)(C)C)cc4B4c5ccccc5Sc5c4c3c2c1c5-c1c(-c2ccccc2)cccc1-c1ccccc1. The first-order valence-corrected chi connectivity index (χ1v) is 26.7. The van der Waals surface area contributed by atoms with Crippen LogP contribution in [0.5, 0.6) is 0 Å². The van der Waals surface area contributed by atoms with E-state index < -0.39 is 0 Å². The first-order chi connectivity index (χ1) is 34.6. The van der Waals surface area contributed by atoms with E-state index in [4.69, 9.17) is 0 Å². The molecule has 0 aromatic heterocycles. The van der Waals surface area contributed by atoms with Crippen LogP contribution in [0, 0.1) is 6.92 Å². The van der Waals surface area contributed by atoms with E-state index in [0.717, 1.165) is 0 Å². The van der Waals surface area contributed by atoms with E-state index >= 15 is 0 Å². The third-order valence-corrected chi connectivity index (χ3v) is 17.3. The molecular formula is C67H60B2N2S. The fourth-order valence-corrected chi connectivity index (χ4v) is 13.7. The van der Waals surface area contributed by atoms with Gasteiger partial charge in [-0.3, -0.25) is 0 Å². The van der Waals surface area contributed by atoms with Crippen molar-refractivity contribution in [3.05, 3.63) is 204 Å². The maximum atomic E-state index is 2.72. The van der Waals surface area contributed by atoms with Crippen LogP contribution in [0.2, 0.25) is 0 Å². The van der Waals surface area contributed by atoms with Crippen molar-refractivity contribution in [3.8, 4) is 33.4 Å². The lowest BCUT2D eigenvalue weighted by molar-refractivity contribution is 0.590. The highest BCUT2D eigenvalue weighted by Crippen LogP contribution is 2.57. The standard InChI is InChI=1S/C67H60B2N2S/c1-41-22-17-19-30-53(41)70-54-35-32-45(66(5,6)7)39-51(54)69-52-40-46(67(8,9)10)34-37-56(52)71-55-36-33-44(65(2,3)4)38-50(55)68-49-29-18-20-31-57(49)72-64-59(62(70)60(69)63(71)61(64)68)58-47(42-23-13-11-14-24-42)27-21-28-48(58)43-25-15-12-16-26-43/h11-40H,1-10H3. The van der Waals surface area contributed by atoms with Crippen LogP contribution < -0.4 is 42.6 Å². The molecule has 4 aliphatic heterocycles. The molecule has 0 saturated heterocycles. The Balaban J connectivity index is 1.31. The van der Waals surface area contributed by atoms with E-state index in [0.29, 0.717) is 0 Å². The van der Waals surface area contributed by atoms with Crippen molar-refractivity contribution in [2.45, 2.75) is 95.3 Å². The summed E-state index contributed by atoms with van der Waals surface area (Å²) in [5.41, 5.74) is 28.5. The van der Waals surface area contributed by atoms with Crippen LogP contribution >= 0.6 is 11.8 Å². The van der Waals surface area contributed by atoms with Crippen molar-refractivity contribution in [1.29, 1.82) is 0 Å². The summed E-state index contributed by atoms with van der Waals surface area (Å²) in [4.78, 5) is 8.09. The van der Waals surface area contributed by atoms with E-state index in [9.17, 15) is 0 Å². The molecule has 0 radical (unpaired) electrons. The molecule has 0 bridgehead atoms. The zero-order chi connectivity index (χ0) is 49.6. The number of anilines is 6. The molecule has 0 saturated carbocycles. The molecule has 0 aliphatic carbocycles. The van der Waals surface area contributed by atoms with Gasteiger partial charge in [0.1, 0.15) is 0 Å². The molecule has 0 fully saturated rings. The van der Waals surface area contributed by atoms with Gasteiger partial charge in [0, 0.05) is 49.4 Å². The minimum atomic E-state index is -0.0663. The molecule has 5 heteroatoms. The van der Waals surface area contributed by atoms with Gasteiger partial charge in [-0.15, -0.1) is 0 Å². The van der Waals surface area contributed by atoms with Crippen LogP contribution in [0.25, 0.3) is 33.4 Å². The average Bonchev–Trinajstić information content (AvgIpc) is 3.37. The maximum Gasteiger partial charge on any atom is 0.252 e. The highest BCUT2D eigenvalue weighted by Gasteiger charge is 2.53. The van der Waals surface area contributed by atoms with Crippen LogP contribution in [0.3, 0.4) is 0 Å². The Morgan fingerprint density at radius 3 is 1.32 bits per heavy atom. The number of benzene rings is 9. The van der Waals surface area contributed by atoms with Gasteiger partial charge in [-0.05, 0) is 125 Å². The van der Waals surface area contributed by atoms with E-state index in [1.165, 1.54) is 132 Å². The number of hydrogen-bond donors (Lipinski definition) is 0. The van der Waals surface area contributed by atoms with Crippen molar-refractivity contribution < 1.29 is 0 Å². The minimum Gasteiger partial charge on any atom is -0.312 e. The molecule has 0 amide bonds. The second kappa shape index (κ2) is 16.0. The van der Waals surface area contributed by atoms with Crippen molar-refractivity contribution in [2.24, 2.45) is 0 Å². The van der Waals surface area contributed by atoms with Gasteiger partial charge >= 0.3 is 0 Å². The molecule has 0 unspecified atom stereocenters. The Bertz CT molecular complexity index is 3650. The lowest BCUT2D eigenvalue weighted by Crippen LogP contribution is -2.68. The Labute approximate surface area is 432 Å². The molecule has 4 aliphatic rings.